The Morgan fingerprint density at radius 3 is 2.57 bits per heavy atom. The molecule has 0 spiro atoms. The van der Waals surface area contributed by atoms with Crippen molar-refractivity contribution in [2.45, 2.75) is 13.1 Å². The minimum absolute atomic E-state index is 0. The standard InChI is InChI=1S/C18H20FN7O.HI/c1-20-18(23-11-16-24-12-25-26(16)2)22-10-13-7-8-21-17(9-13)27-15-5-3-14(19)4-6-15;/h3-9,12H,10-11H2,1-2H3,(H2,20,22,23);1H. The first-order chi connectivity index (χ1) is 13.1. The Kier molecular flexibility index (Phi) is 8.11. The van der Waals surface area contributed by atoms with E-state index < -0.39 is 0 Å². The van der Waals surface area contributed by atoms with Crippen LogP contribution in [0.4, 0.5) is 4.39 Å². The van der Waals surface area contributed by atoms with Crippen LogP contribution in [-0.4, -0.2) is 32.8 Å². The third-order valence-electron chi connectivity index (χ3n) is 3.74. The number of aliphatic imine (C=N–C) groups is 1. The number of benzene rings is 1. The normalized spacial score (nSPS) is 10.9. The molecule has 3 aromatic rings. The first-order valence-electron chi connectivity index (χ1n) is 8.30. The van der Waals surface area contributed by atoms with E-state index in [0.717, 1.165) is 11.4 Å². The van der Waals surface area contributed by atoms with Crippen LogP contribution in [0.5, 0.6) is 11.6 Å². The number of guanidine groups is 1. The molecule has 10 heteroatoms. The summed E-state index contributed by atoms with van der Waals surface area (Å²) in [4.78, 5) is 12.5. The van der Waals surface area contributed by atoms with Gasteiger partial charge in [-0.25, -0.2) is 14.4 Å². The molecule has 2 aromatic heterocycles. The molecule has 0 aliphatic rings. The van der Waals surface area contributed by atoms with Crippen LogP contribution in [0.2, 0.25) is 0 Å². The summed E-state index contributed by atoms with van der Waals surface area (Å²) >= 11 is 0. The molecule has 0 atom stereocenters. The summed E-state index contributed by atoms with van der Waals surface area (Å²) in [5.41, 5.74) is 0.962. The Morgan fingerprint density at radius 2 is 1.89 bits per heavy atom. The molecular formula is C18H21FIN7O. The Morgan fingerprint density at radius 1 is 1.14 bits per heavy atom. The summed E-state index contributed by atoms with van der Waals surface area (Å²) in [5.74, 6) is 2.08. The molecule has 0 unspecified atom stereocenters. The Hall–Kier alpha value is -2.76. The van der Waals surface area contributed by atoms with Crippen molar-refractivity contribution in [3.8, 4) is 11.6 Å². The van der Waals surface area contributed by atoms with E-state index in [2.05, 4.69) is 30.7 Å². The largest absolute Gasteiger partial charge is 0.439 e. The average molecular weight is 497 g/mol. The summed E-state index contributed by atoms with van der Waals surface area (Å²) in [6.45, 7) is 1.03. The minimum atomic E-state index is -0.312. The fourth-order valence-electron chi connectivity index (χ4n) is 2.29. The molecule has 148 valence electrons. The summed E-state index contributed by atoms with van der Waals surface area (Å²) in [6.07, 6.45) is 3.17. The van der Waals surface area contributed by atoms with Crippen LogP contribution in [0.1, 0.15) is 11.4 Å². The van der Waals surface area contributed by atoms with E-state index in [9.17, 15) is 4.39 Å². The van der Waals surface area contributed by atoms with Gasteiger partial charge in [0.25, 0.3) is 0 Å². The van der Waals surface area contributed by atoms with Crippen LogP contribution in [-0.2, 0) is 20.1 Å². The van der Waals surface area contributed by atoms with Crippen LogP contribution >= 0.6 is 24.0 Å². The van der Waals surface area contributed by atoms with Gasteiger partial charge in [-0.1, -0.05) is 0 Å². The van der Waals surface area contributed by atoms with Gasteiger partial charge in [-0.2, -0.15) is 5.10 Å². The SMILES string of the molecule is CN=C(NCc1ccnc(Oc2ccc(F)cc2)c1)NCc1ncnn1C.I. The summed E-state index contributed by atoms with van der Waals surface area (Å²) in [5, 5.41) is 10.4. The van der Waals surface area contributed by atoms with Gasteiger partial charge < -0.3 is 15.4 Å². The predicted molar refractivity (Wildman–Crippen MR) is 114 cm³/mol. The van der Waals surface area contributed by atoms with Crippen LogP contribution in [0, 0.1) is 5.82 Å². The molecule has 0 bridgehead atoms. The molecule has 0 saturated heterocycles. The van der Waals surface area contributed by atoms with E-state index in [1.807, 2.05) is 19.2 Å². The van der Waals surface area contributed by atoms with E-state index >= 15 is 0 Å². The van der Waals surface area contributed by atoms with E-state index in [1.54, 1.807) is 30.1 Å². The van der Waals surface area contributed by atoms with Gasteiger partial charge in [0, 0.05) is 32.9 Å². The van der Waals surface area contributed by atoms with Crippen molar-refractivity contribution in [3.63, 3.8) is 0 Å². The smallest absolute Gasteiger partial charge is 0.219 e. The van der Waals surface area contributed by atoms with Gasteiger partial charge in [0.2, 0.25) is 5.88 Å². The number of nitrogens with one attached hydrogen (secondary N) is 2. The quantitative estimate of drug-likeness (QED) is 0.309. The zero-order valence-corrected chi connectivity index (χ0v) is 17.8. The van der Waals surface area contributed by atoms with E-state index in [1.165, 1.54) is 18.5 Å². The maximum absolute atomic E-state index is 13.0. The summed E-state index contributed by atoms with van der Waals surface area (Å²) < 4.78 is 20.3. The first kappa shape index (κ1) is 21.5. The number of hydrogen-bond donors (Lipinski definition) is 2. The number of halogens is 2. The highest BCUT2D eigenvalue weighted by molar-refractivity contribution is 14.0. The molecular weight excluding hydrogens is 476 g/mol. The molecule has 2 heterocycles. The van der Waals surface area contributed by atoms with E-state index in [4.69, 9.17) is 4.74 Å². The van der Waals surface area contributed by atoms with Gasteiger partial charge in [-0.05, 0) is 35.9 Å². The zero-order chi connectivity index (χ0) is 19.1. The van der Waals surface area contributed by atoms with Gasteiger partial charge in [0.1, 0.15) is 23.7 Å². The fraction of sp³-hybridized carbons (Fsp3) is 0.222. The predicted octanol–water partition coefficient (Wildman–Crippen LogP) is 2.62. The highest BCUT2D eigenvalue weighted by Gasteiger charge is 2.05. The Labute approximate surface area is 179 Å². The first-order valence-corrected chi connectivity index (χ1v) is 8.30. The lowest BCUT2D eigenvalue weighted by Crippen LogP contribution is -2.36. The second-order valence-electron chi connectivity index (χ2n) is 5.64. The van der Waals surface area contributed by atoms with Gasteiger partial charge in [0.15, 0.2) is 5.96 Å². The van der Waals surface area contributed by atoms with Crippen molar-refractivity contribution in [2.75, 3.05) is 7.05 Å². The highest BCUT2D eigenvalue weighted by atomic mass is 127. The topological polar surface area (TPSA) is 89.2 Å². The van der Waals surface area contributed by atoms with Gasteiger partial charge >= 0.3 is 0 Å². The molecule has 28 heavy (non-hydrogen) atoms. The van der Waals surface area contributed by atoms with Crippen molar-refractivity contribution in [2.24, 2.45) is 12.0 Å². The second-order valence-corrected chi connectivity index (χ2v) is 5.64. The number of ether oxygens (including phenoxy) is 1. The Balaban J connectivity index is 0.00000280. The van der Waals surface area contributed by atoms with Gasteiger partial charge in [-0.15, -0.1) is 24.0 Å². The molecule has 0 saturated carbocycles. The third-order valence-corrected chi connectivity index (χ3v) is 3.74. The molecule has 0 radical (unpaired) electrons. The van der Waals surface area contributed by atoms with E-state index in [0.29, 0.717) is 30.7 Å². The average Bonchev–Trinajstić information content (AvgIpc) is 3.09. The second kappa shape index (κ2) is 10.5. The lowest BCUT2D eigenvalue weighted by Gasteiger charge is -2.12. The molecule has 8 nitrogen and oxygen atoms in total. The monoisotopic (exact) mass is 497 g/mol. The van der Waals surface area contributed by atoms with Crippen molar-refractivity contribution in [1.29, 1.82) is 0 Å². The lowest BCUT2D eigenvalue weighted by atomic mass is 10.2. The number of aromatic nitrogens is 4. The fourth-order valence-corrected chi connectivity index (χ4v) is 2.29. The van der Waals surface area contributed by atoms with Gasteiger partial charge in [0.05, 0.1) is 6.54 Å². The maximum atomic E-state index is 13.0. The van der Waals surface area contributed by atoms with Crippen LogP contribution in [0.25, 0.3) is 0 Å². The molecule has 0 amide bonds. The molecule has 2 N–H and O–H groups in total. The number of hydrogen-bond acceptors (Lipinski definition) is 5. The number of nitrogens with zero attached hydrogens (tertiary/aromatic N) is 5. The zero-order valence-electron chi connectivity index (χ0n) is 15.5. The minimum Gasteiger partial charge on any atom is -0.439 e. The Bertz CT molecular complexity index is 914. The molecule has 0 aliphatic carbocycles. The summed E-state index contributed by atoms with van der Waals surface area (Å²) in [7, 11) is 3.53. The lowest BCUT2D eigenvalue weighted by molar-refractivity contribution is 0.460. The van der Waals surface area contributed by atoms with Crippen molar-refractivity contribution < 1.29 is 9.13 Å². The third kappa shape index (κ3) is 6.15. The number of rotatable bonds is 6. The number of aryl methyl sites for hydroxylation is 1. The van der Waals surface area contributed by atoms with Crippen LogP contribution < -0.4 is 15.4 Å². The molecule has 0 fully saturated rings. The van der Waals surface area contributed by atoms with Crippen molar-refractivity contribution in [3.05, 3.63) is 66.1 Å². The molecule has 3 rings (SSSR count). The molecule has 1 aromatic carbocycles. The van der Waals surface area contributed by atoms with Crippen LogP contribution in [0.3, 0.4) is 0 Å². The van der Waals surface area contributed by atoms with Gasteiger partial charge in [-0.3, -0.25) is 9.67 Å². The highest BCUT2D eigenvalue weighted by Crippen LogP contribution is 2.20. The van der Waals surface area contributed by atoms with Crippen molar-refractivity contribution in [1.82, 2.24) is 30.4 Å². The molecule has 0 aliphatic heterocycles. The maximum Gasteiger partial charge on any atom is 0.219 e. The number of pyridine rings is 1. The van der Waals surface area contributed by atoms with Crippen LogP contribution in [0.15, 0.2) is 53.9 Å². The summed E-state index contributed by atoms with van der Waals surface area (Å²) in [6, 6.07) is 9.48. The van der Waals surface area contributed by atoms with E-state index in [-0.39, 0.29) is 29.8 Å². The van der Waals surface area contributed by atoms with Crippen molar-refractivity contribution >= 4 is 29.9 Å².